The van der Waals surface area contributed by atoms with Gasteiger partial charge in [0.25, 0.3) is 10.1 Å². The van der Waals surface area contributed by atoms with E-state index < -0.39 is 20.5 Å². The third-order valence-electron chi connectivity index (χ3n) is 1.38. The quantitative estimate of drug-likeness (QED) is 0.380. The first kappa shape index (κ1) is 9.68. The molecule has 1 N–H and O–H groups in total. The van der Waals surface area contributed by atoms with E-state index in [0.29, 0.717) is 5.01 Å². The summed E-state index contributed by atoms with van der Waals surface area (Å²) < 4.78 is 29.9. The van der Waals surface area contributed by atoms with Crippen molar-refractivity contribution in [2.45, 2.75) is 5.37 Å². The van der Waals surface area contributed by atoms with Gasteiger partial charge in [-0.05, 0) is 12.2 Å². The van der Waals surface area contributed by atoms with Crippen LogP contribution in [0.25, 0.3) is 0 Å². The molecule has 1 atom stereocenters. The standard InChI is InChI=1S/C5H6N2O5S/c8-7(9)6-4-2-1-3-5(6)13(10,11)12/h1-5H,(H,10,11,12). The van der Waals surface area contributed by atoms with Crippen LogP contribution in [0.15, 0.2) is 24.4 Å². The number of hydrazine groups is 1. The maximum atomic E-state index is 10.6. The van der Waals surface area contributed by atoms with E-state index in [-0.39, 0.29) is 0 Å². The van der Waals surface area contributed by atoms with E-state index >= 15 is 0 Å². The first-order chi connectivity index (χ1) is 5.93. The molecule has 13 heavy (non-hydrogen) atoms. The van der Waals surface area contributed by atoms with Gasteiger partial charge in [-0.15, -0.1) is 0 Å². The van der Waals surface area contributed by atoms with E-state index in [0.717, 1.165) is 12.3 Å². The van der Waals surface area contributed by atoms with Crippen molar-refractivity contribution in [3.05, 3.63) is 34.5 Å². The Morgan fingerprint density at radius 2 is 2.08 bits per heavy atom. The molecule has 0 radical (unpaired) electrons. The Labute approximate surface area is 73.8 Å². The fourth-order valence-electron chi connectivity index (χ4n) is 0.853. The molecule has 0 spiro atoms. The van der Waals surface area contributed by atoms with Crippen LogP contribution < -0.4 is 0 Å². The fraction of sp³-hybridized carbons (Fsp3) is 0.200. The van der Waals surface area contributed by atoms with Crippen molar-refractivity contribution in [2.24, 2.45) is 0 Å². The number of hydrogen-bond acceptors (Lipinski definition) is 4. The van der Waals surface area contributed by atoms with Crippen molar-refractivity contribution in [1.82, 2.24) is 5.01 Å². The van der Waals surface area contributed by atoms with Crippen LogP contribution in [-0.4, -0.2) is 28.4 Å². The van der Waals surface area contributed by atoms with Gasteiger partial charge < -0.3 is 0 Å². The zero-order valence-corrected chi connectivity index (χ0v) is 7.09. The van der Waals surface area contributed by atoms with Gasteiger partial charge in [-0.25, -0.2) is 10.1 Å². The Bertz CT molecular complexity index is 370. The van der Waals surface area contributed by atoms with Gasteiger partial charge in [0.2, 0.25) is 5.37 Å². The summed E-state index contributed by atoms with van der Waals surface area (Å²) >= 11 is 0. The molecule has 0 aliphatic carbocycles. The lowest BCUT2D eigenvalue weighted by Gasteiger charge is -2.17. The molecule has 0 aromatic heterocycles. The summed E-state index contributed by atoms with van der Waals surface area (Å²) in [4.78, 5) is 10.3. The zero-order valence-electron chi connectivity index (χ0n) is 6.27. The summed E-state index contributed by atoms with van der Waals surface area (Å²) in [5, 5.41) is 8.02. The Kier molecular flexibility index (Phi) is 2.34. The molecule has 1 aliphatic heterocycles. The number of nitrogens with zero attached hydrogens (tertiary/aromatic N) is 2. The largest absolute Gasteiger partial charge is 0.296 e. The average molecular weight is 206 g/mol. The van der Waals surface area contributed by atoms with Crippen LogP contribution in [0.2, 0.25) is 0 Å². The van der Waals surface area contributed by atoms with Gasteiger partial charge in [0.15, 0.2) is 5.03 Å². The van der Waals surface area contributed by atoms with E-state index in [4.69, 9.17) is 4.55 Å². The van der Waals surface area contributed by atoms with E-state index in [1.54, 1.807) is 0 Å². The van der Waals surface area contributed by atoms with Crippen molar-refractivity contribution < 1.29 is 18.0 Å². The summed E-state index contributed by atoms with van der Waals surface area (Å²) in [5.41, 5.74) is 0. The Hall–Kier alpha value is -1.41. The van der Waals surface area contributed by atoms with Crippen molar-refractivity contribution in [2.75, 3.05) is 0 Å². The summed E-state index contributed by atoms with van der Waals surface area (Å²) in [6.45, 7) is 0. The fourth-order valence-corrected chi connectivity index (χ4v) is 1.56. The van der Waals surface area contributed by atoms with Crippen molar-refractivity contribution in [1.29, 1.82) is 0 Å². The second-order valence-electron chi connectivity index (χ2n) is 2.25. The maximum Gasteiger partial charge on any atom is 0.296 e. The Morgan fingerprint density at radius 1 is 1.46 bits per heavy atom. The van der Waals surface area contributed by atoms with Gasteiger partial charge >= 0.3 is 0 Å². The number of allylic oxidation sites excluding steroid dienone is 2. The van der Waals surface area contributed by atoms with Crippen molar-refractivity contribution >= 4 is 10.1 Å². The van der Waals surface area contributed by atoms with Gasteiger partial charge in [-0.2, -0.15) is 8.42 Å². The minimum absolute atomic E-state index is 0.301. The minimum atomic E-state index is -4.47. The zero-order chi connectivity index (χ0) is 10.1. The van der Waals surface area contributed by atoms with Crippen LogP contribution in [-0.2, 0) is 10.1 Å². The smallest absolute Gasteiger partial charge is 0.284 e. The first-order valence-corrected chi connectivity index (χ1v) is 4.67. The average Bonchev–Trinajstić information content (AvgIpc) is 2.03. The molecule has 0 saturated heterocycles. The molecule has 7 nitrogen and oxygen atoms in total. The molecule has 1 unspecified atom stereocenters. The lowest BCUT2D eigenvalue weighted by molar-refractivity contribution is -0.641. The highest BCUT2D eigenvalue weighted by atomic mass is 32.2. The highest BCUT2D eigenvalue weighted by Gasteiger charge is 2.34. The molecule has 1 rings (SSSR count). The van der Waals surface area contributed by atoms with Gasteiger partial charge in [0, 0.05) is 0 Å². The lowest BCUT2D eigenvalue weighted by atomic mass is 10.4. The first-order valence-electron chi connectivity index (χ1n) is 3.17. The second-order valence-corrected chi connectivity index (χ2v) is 3.76. The van der Waals surface area contributed by atoms with Crippen molar-refractivity contribution in [3.8, 4) is 0 Å². The van der Waals surface area contributed by atoms with Crippen molar-refractivity contribution in [3.63, 3.8) is 0 Å². The number of rotatable bonds is 2. The summed E-state index contributed by atoms with van der Waals surface area (Å²) in [6.07, 6.45) is 4.57. The van der Waals surface area contributed by atoms with E-state index in [2.05, 4.69) is 0 Å². The topological polar surface area (TPSA) is 101 Å². The van der Waals surface area contributed by atoms with Gasteiger partial charge in [-0.1, -0.05) is 11.1 Å². The normalized spacial score (nSPS) is 21.9. The van der Waals surface area contributed by atoms with Gasteiger partial charge in [0.1, 0.15) is 0 Å². The minimum Gasteiger partial charge on any atom is -0.284 e. The highest BCUT2D eigenvalue weighted by molar-refractivity contribution is 7.86. The van der Waals surface area contributed by atoms with Crippen LogP contribution in [0.1, 0.15) is 0 Å². The molecular weight excluding hydrogens is 200 g/mol. The molecule has 0 fully saturated rings. The highest BCUT2D eigenvalue weighted by Crippen LogP contribution is 2.12. The molecule has 0 bridgehead atoms. The van der Waals surface area contributed by atoms with Crippen LogP contribution in [0.4, 0.5) is 0 Å². The predicted molar refractivity (Wildman–Crippen MR) is 42.5 cm³/mol. The molecular formula is C5H6N2O5S. The van der Waals surface area contributed by atoms with Crippen LogP contribution in [0, 0.1) is 10.1 Å². The van der Waals surface area contributed by atoms with Gasteiger partial charge in [0.05, 0.1) is 6.20 Å². The molecule has 0 saturated carbocycles. The van der Waals surface area contributed by atoms with Crippen LogP contribution >= 0.6 is 0 Å². The van der Waals surface area contributed by atoms with Gasteiger partial charge in [-0.3, -0.25) is 4.55 Å². The molecule has 0 aromatic carbocycles. The molecule has 1 heterocycles. The SMILES string of the molecule is O=[N+]([O-])N1C=CC=CC1S(=O)(=O)O. The molecule has 0 aromatic rings. The third-order valence-corrected chi connectivity index (χ3v) is 2.36. The maximum absolute atomic E-state index is 10.6. The summed E-state index contributed by atoms with van der Waals surface area (Å²) in [6, 6.07) is 0. The van der Waals surface area contributed by atoms with E-state index in [1.165, 1.54) is 12.2 Å². The summed E-state index contributed by atoms with van der Waals surface area (Å²) in [5.74, 6) is 0. The van der Waals surface area contributed by atoms with Crippen LogP contribution in [0.3, 0.4) is 0 Å². The number of hydrogen-bond donors (Lipinski definition) is 1. The summed E-state index contributed by atoms with van der Waals surface area (Å²) in [7, 11) is -4.47. The van der Waals surface area contributed by atoms with Crippen LogP contribution in [0.5, 0.6) is 0 Å². The molecule has 1 aliphatic rings. The van der Waals surface area contributed by atoms with E-state index in [9.17, 15) is 18.5 Å². The molecule has 8 heteroatoms. The lowest BCUT2D eigenvalue weighted by Crippen LogP contribution is -2.40. The predicted octanol–water partition coefficient (Wildman–Crippen LogP) is -0.222. The Balaban J connectivity index is 3.03. The molecule has 72 valence electrons. The number of nitro groups is 1. The monoisotopic (exact) mass is 206 g/mol. The Morgan fingerprint density at radius 3 is 2.46 bits per heavy atom. The van der Waals surface area contributed by atoms with E-state index in [1.807, 2.05) is 0 Å². The third kappa shape index (κ3) is 2.04. The second kappa shape index (κ2) is 3.15. The molecule has 0 amide bonds.